The van der Waals surface area contributed by atoms with Crippen molar-refractivity contribution in [3.63, 3.8) is 0 Å². The van der Waals surface area contributed by atoms with Gasteiger partial charge in [0.2, 0.25) is 6.79 Å². The molecule has 0 spiro atoms. The molecule has 150 valence electrons. The van der Waals surface area contributed by atoms with Crippen LogP contribution < -0.4 is 14.8 Å². The predicted octanol–water partition coefficient (Wildman–Crippen LogP) is 3.69. The molecule has 1 atom stereocenters. The molecule has 1 aromatic carbocycles. The molecule has 0 saturated carbocycles. The van der Waals surface area contributed by atoms with E-state index in [0.29, 0.717) is 16.8 Å². The number of hydrogen-bond donors (Lipinski definition) is 1. The number of rotatable bonds is 3. The van der Waals surface area contributed by atoms with E-state index in [1.54, 1.807) is 0 Å². The van der Waals surface area contributed by atoms with E-state index in [1.807, 2.05) is 38.1 Å². The van der Waals surface area contributed by atoms with Crippen LogP contribution in [0.4, 0.5) is 0 Å². The van der Waals surface area contributed by atoms with Crippen LogP contribution in [0, 0.1) is 6.92 Å². The van der Waals surface area contributed by atoms with E-state index < -0.39 is 0 Å². The highest BCUT2D eigenvalue weighted by molar-refractivity contribution is 6.04. The predicted molar refractivity (Wildman–Crippen MR) is 108 cm³/mol. The number of fused-ring (bicyclic) bond motifs is 4. The van der Waals surface area contributed by atoms with Crippen molar-refractivity contribution in [1.82, 2.24) is 19.9 Å². The number of nitrogens with one attached hydrogen (secondary N) is 1. The van der Waals surface area contributed by atoms with E-state index in [4.69, 9.17) is 19.4 Å². The second kappa shape index (κ2) is 7.06. The third kappa shape index (κ3) is 3.20. The first-order chi connectivity index (χ1) is 14.1. The highest BCUT2D eigenvalue weighted by Crippen LogP contribution is 2.34. The van der Waals surface area contributed by atoms with Gasteiger partial charge in [-0.3, -0.25) is 4.79 Å². The third-order valence-electron chi connectivity index (χ3n) is 5.68. The lowest BCUT2D eigenvalue weighted by molar-refractivity contribution is 0.0941. The second-order valence-corrected chi connectivity index (χ2v) is 7.78. The number of aryl methyl sites for hydroxylation is 3. The van der Waals surface area contributed by atoms with Gasteiger partial charge in [0.05, 0.1) is 11.6 Å². The maximum atomic E-state index is 13.2. The SMILES string of the molecule is Cc1cc(C(=O)NC(C)c2ccc3c(c2)OCO3)c2nc3n(c2n1)CCCCC3. The zero-order valence-electron chi connectivity index (χ0n) is 16.7. The zero-order chi connectivity index (χ0) is 20.0. The minimum Gasteiger partial charge on any atom is -0.454 e. The van der Waals surface area contributed by atoms with Crippen LogP contribution >= 0.6 is 0 Å². The van der Waals surface area contributed by atoms with Crippen molar-refractivity contribution in [2.45, 2.75) is 52.1 Å². The molecule has 1 amide bonds. The molecule has 5 rings (SSSR count). The average molecular weight is 392 g/mol. The van der Waals surface area contributed by atoms with Gasteiger partial charge >= 0.3 is 0 Å². The van der Waals surface area contributed by atoms with E-state index >= 15 is 0 Å². The van der Waals surface area contributed by atoms with Crippen molar-refractivity contribution in [3.05, 3.63) is 46.9 Å². The van der Waals surface area contributed by atoms with Crippen LogP contribution in [-0.4, -0.2) is 27.2 Å². The Labute approximate surface area is 169 Å². The number of nitrogens with zero attached hydrogens (tertiary/aromatic N) is 3. The highest BCUT2D eigenvalue weighted by atomic mass is 16.7. The minimum absolute atomic E-state index is 0.140. The Balaban J connectivity index is 1.46. The van der Waals surface area contributed by atoms with E-state index in [-0.39, 0.29) is 18.7 Å². The maximum absolute atomic E-state index is 13.2. The fourth-order valence-corrected chi connectivity index (χ4v) is 4.13. The number of carbonyl (C=O) groups excluding carboxylic acids is 1. The number of ether oxygens (including phenoxy) is 2. The summed E-state index contributed by atoms with van der Waals surface area (Å²) in [5.41, 5.74) is 3.89. The molecule has 1 unspecified atom stereocenters. The normalized spacial score (nSPS) is 16.3. The number of hydrogen-bond acceptors (Lipinski definition) is 5. The summed E-state index contributed by atoms with van der Waals surface area (Å²) < 4.78 is 13.0. The molecule has 2 aliphatic heterocycles. The molecule has 1 N–H and O–H groups in total. The van der Waals surface area contributed by atoms with Crippen molar-refractivity contribution < 1.29 is 14.3 Å². The second-order valence-electron chi connectivity index (χ2n) is 7.78. The maximum Gasteiger partial charge on any atom is 0.254 e. The average Bonchev–Trinajstić information content (AvgIpc) is 3.24. The number of amides is 1. The molecular formula is C22H24N4O3. The zero-order valence-corrected chi connectivity index (χ0v) is 16.7. The summed E-state index contributed by atoms with van der Waals surface area (Å²) in [6.07, 6.45) is 4.39. The van der Waals surface area contributed by atoms with Gasteiger partial charge < -0.3 is 19.4 Å². The molecular weight excluding hydrogens is 368 g/mol. The molecule has 29 heavy (non-hydrogen) atoms. The summed E-state index contributed by atoms with van der Waals surface area (Å²) >= 11 is 0. The summed E-state index contributed by atoms with van der Waals surface area (Å²) in [6, 6.07) is 7.39. The Morgan fingerprint density at radius 1 is 1.14 bits per heavy atom. The fraction of sp³-hybridized carbons (Fsp3) is 0.409. The largest absolute Gasteiger partial charge is 0.454 e. The Bertz CT molecular complexity index is 1110. The van der Waals surface area contributed by atoms with Gasteiger partial charge in [-0.25, -0.2) is 9.97 Å². The van der Waals surface area contributed by atoms with Gasteiger partial charge in [0.25, 0.3) is 5.91 Å². The Hall–Kier alpha value is -3.09. The molecule has 0 saturated heterocycles. The topological polar surface area (TPSA) is 78.3 Å². The van der Waals surface area contributed by atoms with Gasteiger partial charge in [0.1, 0.15) is 11.3 Å². The molecule has 4 heterocycles. The van der Waals surface area contributed by atoms with Gasteiger partial charge in [-0.15, -0.1) is 0 Å². The van der Waals surface area contributed by atoms with E-state index in [9.17, 15) is 4.79 Å². The Morgan fingerprint density at radius 3 is 2.90 bits per heavy atom. The Kier molecular flexibility index (Phi) is 4.38. The standard InChI is InChI=1S/C22H24N4O3/c1-13-10-16(20-21(23-13)26-9-5-3-4-6-19(26)25-20)22(27)24-14(2)15-7-8-17-18(11-15)29-12-28-17/h7-8,10-11,14H,3-6,9,12H2,1-2H3,(H,24,27). The monoisotopic (exact) mass is 392 g/mol. The third-order valence-corrected chi connectivity index (χ3v) is 5.68. The number of benzene rings is 1. The molecule has 3 aromatic rings. The van der Waals surface area contributed by atoms with Crippen LogP contribution in [0.3, 0.4) is 0 Å². The minimum atomic E-state index is -0.180. The smallest absolute Gasteiger partial charge is 0.254 e. The summed E-state index contributed by atoms with van der Waals surface area (Å²) in [5.74, 6) is 2.34. The molecule has 0 fully saturated rings. The first-order valence-electron chi connectivity index (χ1n) is 10.2. The van der Waals surface area contributed by atoms with Gasteiger partial charge in [0.15, 0.2) is 17.1 Å². The number of pyridine rings is 1. The molecule has 0 aliphatic carbocycles. The molecule has 2 aliphatic rings. The van der Waals surface area contributed by atoms with E-state index in [1.165, 1.54) is 6.42 Å². The summed E-state index contributed by atoms with van der Waals surface area (Å²) in [5, 5.41) is 3.10. The van der Waals surface area contributed by atoms with Gasteiger partial charge in [-0.2, -0.15) is 0 Å². The number of imidazole rings is 1. The molecule has 7 nitrogen and oxygen atoms in total. The van der Waals surface area contributed by atoms with Crippen LogP contribution in [0.2, 0.25) is 0 Å². The van der Waals surface area contributed by atoms with Gasteiger partial charge in [0, 0.05) is 18.7 Å². The van der Waals surface area contributed by atoms with Crippen LogP contribution in [0.5, 0.6) is 11.5 Å². The fourth-order valence-electron chi connectivity index (χ4n) is 4.13. The van der Waals surface area contributed by atoms with Gasteiger partial charge in [-0.1, -0.05) is 12.5 Å². The van der Waals surface area contributed by atoms with Crippen LogP contribution in [0.1, 0.15) is 59.7 Å². The van der Waals surface area contributed by atoms with Crippen molar-refractivity contribution in [1.29, 1.82) is 0 Å². The first kappa shape index (κ1) is 18.0. The van der Waals surface area contributed by atoms with Crippen molar-refractivity contribution >= 4 is 17.1 Å². The van der Waals surface area contributed by atoms with Crippen LogP contribution in [0.15, 0.2) is 24.3 Å². The van der Waals surface area contributed by atoms with E-state index in [0.717, 1.165) is 54.3 Å². The number of carbonyl (C=O) groups is 1. The van der Waals surface area contributed by atoms with E-state index in [2.05, 4.69) is 9.88 Å². The summed E-state index contributed by atoms with van der Waals surface area (Å²) in [6.45, 7) is 5.03. The Morgan fingerprint density at radius 2 is 2.00 bits per heavy atom. The van der Waals surface area contributed by atoms with Crippen molar-refractivity contribution in [2.24, 2.45) is 0 Å². The molecule has 2 aromatic heterocycles. The van der Waals surface area contributed by atoms with Crippen molar-refractivity contribution in [3.8, 4) is 11.5 Å². The quantitative estimate of drug-likeness (QED) is 0.736. The summed E-state index contributed by atoms with van der Waals surface area (Å²) in [4.78, 5) is 22.7. The van der Waals surface area contributed by atoms with Crippen LogP contribution in [0.25, 0.3) is 11.2 Å². The lowest BCUT2D eigenvalue weighted by Crippen LogP contribution is -2.27. The molecule has 0 radical (unpaired) electrons. The lowest BCUT2D eigenvalue weighted by Gasteiger charge is -2.15. The molecule has 0 bridgehead atoms. The van der Waals surface area contributed by atoms with Crippen molar-refractivity contribution in [2.75, 3.05) is 6.79 Å². The van der Waals surface area contributed by atoms with Crippen LogP contribution in [-0.2, 0) is 13.0 Å². The van der Waals surface area contributed by atoms with Gasteiger partial charge in [-0.05, 0) is 50.5 Å². The number of aromatic nitrogens is 3. The highest BCUT2D eigenvalue weighted by Gasteiger charge is 2.23. The summed E-state index contributed by atoms with van der Waals surface area (Å²) in [7, 11) is 0. The first-order valence-corrected chi connectivity index (χ1v) is 10.2. The molecule has 7 heteroatoms. The lowest BCUT2D eigenvalue weighted by atomic mass is 10.1.